The average Bonchev–Trinajstić information content (AvgIpc) is 3.03. The van der Waals surface area contributed by atoms with Gasteiger partial charge in [0, 0.05) is 40.6 Å². The van der Waals surface area contributed by atoms with Crippen LogP contribution in [0.2, 0.25) is 5.02 Å². The standard InChI is InChI=1S/C22H21ClO3S.C22H28O4/c1-13-10-14(2)20(15(3)11-13)21-19(24)12-17(26-22(21)25)8-9-27-18-6-4-16(23)5-7-18;1-8-9-16-12-17(26-21(24)22(5,6)7)19(20(23)25-16)18-14(3)10-13(2)11-15(18)4/h4-7,10-12,24H,8-9H2,1-3H3;10-12H,8-9H2,1-7H3. The van der Waals surface area contributed by atoms with Gasteiger partial charge in [-0.05, 0) is 126 Å². The largest absolute Gasteiger partial charge is 0.507 e. The predicted octanol–water partition coefficient (Wildman–Crippen LogP) is 11.1. The molecular weight excluding hydrogens is 708 g/mol. The molecule has 1 N–H and O–H groups in total. The Kier molecular flexibility index (Phi) is 13.6. The fourth-order valence-electron chi connectivity index (χ4n) is 6.28. The van der Waals surface area contributed by atoms with E-state index in [4.69, 9.17) is 25.2 Å². The van der Waals surface area contributed by atoms with Crippen molar-refractivity contribution < 1.29 is 23.5 Å². The van der Waals surface area contributed by atoms with Crippen LogP contribution >= 0.6 is 23.4 Å². The molecule has 280 valence electrons. The highest BCUT2D eigenvalue weighted by Gasteiger charge is 2.27. The second kappa shape index (κ2) is 17.5. The topological polar surface area (TPSA) is 107 Å². The molecule has 0 bridgehead atoms. The number of hydrogen-bond acceptors (Lipinski definition) is 8. The van der Waals surface area contributed by atoms with E-state index in [9.17, 15) is 19.5 Å². The van der Waals surface area contributed by atoms with Crippen molar-refractivity contribution in [2.24, 2.45) is 5.41 Å². The summed E-state index contributed by atoms with van der Waals surface area (Å²) in [6.07, 6.45) is 1.99. The zero-order valence-electron chi connectivity index (χ0n) is 32.3. The van der Waals surface area contributed by atoms with Crippen LogP contribution in [0.3, 0.4) is 0 Å². The number of benzene rings is 3. The van der Waals surface area contributed by atoms with E-state index in [1.165, 1.54) is 0 Å². The van der Waals surface area contributed by atoms with Crippen LogP contribution in [0, 0.1) is 47.0 Å². The summed E-state index contributed by atoms with van der Waals surface area (Å²) in [5, 5.41) is 11.2. The minimum atomic E-state index is -0.671. The quantitative estimate of drug-likeness (QED) is 0.117. The lowest BCUT2D eigenvalue weighted by molar-refractivity contribution is -0.142. The van der Waals surface area contributed by atoms with Crippen molar-refractivity contribution in [3.05, 3.63) is 131 Å². The summed E-state index contributed by atoms with van der Waals surface area (Å²) in [4.78, 5) is 38.9. The molecule has 2 aromatic heterocycles. The molecule has 5 aromatic rings. The van der Waals surface area contributed by atoms with Gasteiger partial charge in [0.25, 0.3) is 0 Å². The number of rotatable bonds is 9. The van der Waals surface area contributed by atoms with Gasteiger partial charge in [-0.3, -0.25) is 4.79 Å². The van der Waals surface area contributed by atoms with E-state index in [0.717, 1.165) is 61.6 Å². The Hall–Kier alpha value is -4.53. The third kappa shape index (κ3) is 10.5. The van der Waals surface area contributed by atoms with Crippen molar-refractivity contribution in [3.8, 4) is 33.8 Å². The van der Waals surface area contributed by atoms with Gasteiger partial charge in [-0.15, -0.1) is 11.8 Å². The first-order valence-electron chi connectivity index (χ1n) is 17.7. The van der Waals surface area contributed by atoms with Crippen molar-refractivity contribution in [2.75, 3.05) is 5.75 Å². The molecule has 0 fully saturated rings. The summed E-state index contributed by atoms with van der Waals surface area (Å²) in [5.41, 5.74) is 6.45. The molecule has 0 aliphatic heterocycles. The van der Waals surface area contributed by atoms with E-state index in [1.54, 1.807) is 44.7 Å². The summed E-state index contributed by atoms with van der Waals surface area (Å²) in [6, 6.07) is 18.8. The monoisotopic (exact) mass is 756 g/mol. The van der Waals surface area contributed by atoms with E-state index < -0.39 is 16.7 Å². The van der Waals surface area contributed by atoms with Crippen molar-refractivity contribution >= 4 is 29.3 Å². The zero-order chi connectivity index (χ0) is 39.2. The number of aryl methyl sites for hydroxylation is 8. The Balaban J connectivity index is 0.000000237. The molecule has 9 heteroatoms. The van der Waals surface area contributed by atoms with Gasteiger partial charge in [-0.25, -0.2) is 9.59 Å². The van der Waals surface area contributed by atoms with Gasteiger partial charge in [0.05, 0.1) is 5.41 Å². The van der Waals surface area contributed by atoms with E-state index in [0.29, 0.717) is 34.9 Å². The number of aromatic hydroxyl groups is 1. The molecule has 0 spiro atoms. The predicted molar refractivity (Wildman–Crippen MR) is 216 cm³/mol. The minimum absolute atomic E-state index is 0.0344. The Morgan fingerprint density at radius 1 is 0.717 bits per heavy atom. The second-order valence-corrected chi connectivity index (χ2v) is 16.1. The molecule has 0 aliphatic rings. The lowest BCUT2D eigenvalue weighted by atomic mass is 9.93. The summed E-state index contributed by atoms with van der Waals surface area (Å²) < 4.78 is 16.7. The number of esters is 1. The highest BCUT2D eigenvalue weighted by molar-refractivity contribution is 7.99. The van der Waals surface area contributed by atoms with Crippen LogP contribution in [0.25, 0.3) is 22.3 Å². The first kappa shape index (κ1) is 41.2. The summed E-state index contributed by atoms with van der Waals surface area (Å²) in [5.74, 6) is 1.60. The molecule has 0 unspecified atom stereocenters. The smallest absolute Gasteiger partial charge is 0.347 e. The molecule has 0 saturated carbocycles. The number of hydrogen-bond donors (Lipinski definition) is 1. The fraction of sp³-hybridized carbons (Fsp3) is 0.341. The first-order valence-corrected chi connectivity index (χ1v) is 19.1. The van der Waals surface area contributed by atoms with Crippen LogP contribution in [0.1, 0.15) is 79.0 Å². The maximum Gasteiger partial charge on any atom is 0.347 e. The minimum Gasteiger partial charge on any atom is -0.507 e. The normalized spacial score (nSPS) is 11.2. The Labute approximate surface area is 321 Å². The van der Waals surface area contributed by atoms with Crippen LogP contribution in [0.15, 0.2) is 84.0 Å². The van der Waals surface area contributed by atoms with E-state index in [1.807, 2.05) is 97.0 Å². The number of thioether (sulfide) groups is 1. The zero-order valence-corrected chi connectivity index (χ0v) is 33.9. The molecule has 5 rings (SSSR count). The lowest BCUT2D eigenvalue weighted by Gasteiger charge is -2.19. The average molecular weight is 757 g/mol. The van der Waals surface area contributed by atoms with Crippen molar-refractivity contribution in [3.63, 3.8) is 0 Å². The maximum atomic E-state index is 12.8. The van der Waals surface area contributed by atoms with Gasteiger partial charge in [-0.2, -0.15) is 0 Å². The molecule has 3 aromatic carbocycles. The third-order valence-electron chi connectivity index (χ3n) is 8.54. The molecule has 7 nitrogen and oxygen atoms in total. The van der Waals surface area contributed by atoms with E-state index >= 15 is 0 Å². The lowest BCUT2D eigenvalue weighted by Crippen LogP contribution is -2.26. The van der Waals surface area contributed by atoms with Crippen molar-refractivity contribution in [1.29, 1.82) is 0 Å². The van der Waals surface area contributed by atoms with Crippen LogP contribution in [0.5, 0.6) is 11.5 Å². The second-order valence-electron chi connectivity index (χ2n) is 14.5. The Morgan fingerprint density at radius 3 is 1.66 bits per heavy atom. The molecule has 0 saturated heterocycles. The summed E-state index contributed by atoms with van der Waals surface area (Å²) in [6.45, 7) is 19.2. The van der Waals surface area contributed by atoms with Gasteiger partial charge < -0.3 is 18.7 Å². The van der Waals surface area contributed by atoms with Gasteiger partial charge >= 0.3 is 17.2 Å². The summed E-state index contributed by atoms with van der Waals surface area (Å²) in [7, 11) is 0. The Bertz CT molecular complexity index is 2180. The SMILES string of the molecule is CCCc1cc(OC(=O)C(C)(C)C)c(-c2c(C)cc(C)cc2C)c(=O)o1.Cc1cc(C)c(-c2c(O)cc(CCSc3ccc(Cl)cc3)oc2=O)c(C)c1. The number of carbonyl (C=O) groups excluding carboxylic acids is 1. The van der Waals surface area contributed by atoms with Crippen molar-refractivity contribution in [2.45, 2.75) is 93.4 Å². The molecule has 0 atom stereocenters. The van der Waals surface area contributed by atoms with Crippen molar-refractivity contribution in [1.82, 2.24) is 0 Å². The molecule has 0 radical (unpaired) electrons. The fourth-order valence-corrected chi connectivity index (χ4v) is 7.27. The van der Waals surface area contributed by atoms with E-state index in [2.05, 4.69) is 0 Å². The molecule has 0 aliphatic carbocycles. The van der Waals surface area contributed by atoms with Gasteiger partial charge in [0.1, 0.15) is 34.1 Å². The molecule has 2 heterocycles. The summed E-state index contributed by atoms with van der Waals surface area (Å²) >= 11 is 7.53. The first-order chi connectivity index (χ1) is 24.9. The molecular formula is C44H49ClO7S. The van der Waals surface area contributed by atoms with Gasteiger partial charge in [-0.1, -0.05) is 53.9 Å². The number of carbonyl (C=O) groups is 1. The van der Waals surface area contributed by atoms with Crippen LogP contribution in [-0.4, -0.2) is 16.8 Å². The van der Waals surface area contributed by atoms with Crippen LogP contribution in [-0.2, 0) is 17.6 Å². The molecule has 53 heavy (non-hydrogen) atoms. The number of halogens is 1. The van der Waals surface area contributed by atoms with Gasteiger partial charge in [0.2, 0.25) is 0 Å². The highest BCUT2D eigenvalue weighted by atomic mass is 35.5. The van der Waals surface area contributed by atoms with Gasteiger partial charge in [0.15, 0.2) is 0 Å². The maximum absolute atomic E-state index is 12.8. The molecule has 0 amide bonds. The number of ether oxygens (including phenoxy) is 1. The van der Waals surface area contributed by atoms with Crippen LogP contribution < -0.4 is 16.0 Å². The Morgan fingerprint density at radius 2 is 1.19 bits per heavy atom. The highest BCUT2D eigenvalue weighted by Crippen LogP contribution is 2.36. The van der Waals surface area contributed by atoms with Crippen LogP contribution in [0.4, 0.5) is 0 Å². The third-order valence-corrected chi connectivity index (χ3v) is 9.81. The van der Waals surface area contributed by atoms with E-state index in [-0.39, 0.29) is 23.0 Å².